The SMILES string of the molecule is Cc1cc(N2CCC[C@@H](Nc3ccc4c(c3)OCO4)C2)nc(C(C)C)n1. The Balaban J connectivity index is 1.47. The van der Waals surface area contributed by atoms with Crippen LogP contribution in [-0.4, -0.2) is 35.9 Å². The summed E-state index contributed by atoms with van der Waals surface area (Å²) >= 11 is 0. The van der Waals surface area contributed by atoms with Gasteiger partial charge in [0, 0.05) is 48.6 Å². The first kappa shape index (κ1) is 16.9. The molecule has 2 aromatic rings. The molecule has 6 nitrogen and oxygen atoms in total. The van der Waals surface area contributed by atoms with Crippen molar-refractivity contribution in [3.63, 3.8) is 0 Å². The summed E-state index contributed by atoms with van der Waals surface area (Å²) in [6.45, 7) is 8.60. The number of piperidine rings is 1. The molecule has 0 radical (unpaired) electrons. The molecule has 0 spiro atoms. The molecule has 4 rings (SSSR count). The molecular weight excluding hydrogens is 328 g/mol. The number of aryl methyl sites for hydroxylation is 1. The van der Waals surface area contributed by atoms with Crippen LogP contribution in [0.4, 0.5) is 11.5 Å². The first-order valence-corrected chi connectivity index (χ1v) is 9.35. The summed E-state index contributed by atoms with van der Waals surface area (Å²) < 4.78 is 10.9. The predicted octanol–water partition coefficient (Wildman–Crippen LogP) is 3.72. The molecule has 3 heterocycles. The number of nitrogens with zero attached hydrogens (tertiary/aromatic N) is 3. The van der Waals surface area contributed by atoms with E-state index in [9.17, 15) is 0 Å². The highest BCUT2D eigenvalue weighted by molar-refractivity contribution is 5.56. The Labute approximate surface area is 154 Å². The van der Waals surface area contributed by atoms with E-state index in [0.717, 1.165) is 60.5 Å². The van der Waals surface area contributed by atoms with E-state index >= 15 is 0 Å². The number of anilines is 2. The van der Waals surface area contributed by atoms with Crippen LogP contribution >= 0.6 is 0 Å². The van der Waals surface area contributed by atoms with Gasteiger partial charge >= 0.3 is 0 Å². The number of nitrogens with one attached hydrogen (secondary N) is 1. The Morgan fingerprint density at radius 3 is 2.85 bits per heavy atom. The number of benzene rings is 1. The normalized spacial score (nSPS) is 19.1. The zero-order valence-electron chi connectivity index (χ0n) is 15.7. The minimum Gasteiger partial charge on any atom is -0.454 e. The molecule has 0 saturated carbocycles. The Morgan fingerprint density at radius 2 is 2.00 bits per heavy atom. The van der Waals surface area contributed by atoms with E-state index in [0.29, 0.717) is 18.8 Å². The molecule has 1 aromatic heterocycles. The summed E-state index contributed by atoms with van der Waals surface area (Å²) in [5.74, 6) is 3.93. The molecule has 0 amide bonds. The van der Waals surface area contributed by atoms with Crippen LogP contribution in [0.15, 0.2) is 24.3 Å². The van der Waals surface area contributed by atoms with Crippen LogP contribution < -0.4 is 19.7 Å². The second kappa shape index (κ2) is 7.02. The van der Waals surface area contributed by atoms with Crippen molar-refractivity contribution in [1.82, 2.24) is 9.97 Å². The van der Waals surface area contributed by atoms with Crippen molar-refractivity contribution < 1.29 is 9.47 Å². The first-order chi connectivity index (χ1) is 12.6. The number of hydrogen-bond donors (Lipinski definition) is 1. The van der Waals surface area contributed by atoms with Gasteiger partial charge in [0.2, 0.25) is 6.79 Å². The monoisotopic (exact) mass is 354 g/mol. The van der Waals surface area contributed by atoms with Crippen LogP contribution in [0, 0.1) is 6.92 Å². The van der Waals surface area contributed by atoms with Crippen LogP contribution in [0.2, 0.25) is 0 Å². The fraction of sp³-hybridized carbons (Fsp3) is 0.500. The molecule has 2 aliphatic heterocycles. The van der Waals surface area contributed by atoms with E-state index in [1.807, 2.05) is 19.1 Å². The van der Waals surface area contributed by atoms with Crippen molar-refractivity contribution in [2.75, 3.05) is 30.1 Å². The average Bonchev–Trinajstić information content (AvgIpc) is 3.09. The fourth-order valence-corrected chi connectivity index (χ4v) is 3.52. The van der Waals surface area contributed by atoms with Gasteiger partial charge in [-0.25, -0.2) is 9.97 Å². The summed E-state index contributed by atoms with van der Waals surface area (Å²) in [5.41, 5.74) is 2.10. The Morgan fingerprint density at radius 1 is 1.15 bits per heavy atom. The highest BCUT2D eigenvalue weighted by Crippen LogP contribution is 2.34. The van der Waals surface area contributed by atoms with Gasteiger partial charge in [0.05, 0.1) is 0 Å². The molecule has 0 bridgehead atoms. The van der Waals surface area contributed by atoms with E-state index in [-0.39, 0.29) is 0 Å². The van der Waals surface area contributed by atoms with Gasteiger partial charge in [-0.15, -0.1) is 0 Å². The highest BCUT2D eigenvalue weighted by Gasteiger charge is 2.23. The number of fused-ring (bicyclic) bond motifs is 1. The van der Waals surface area contributed by atoms with Crippen LogP contribution in [0.5, 0.6) is 11.5 Å². The smallest absolute Gasteiger partial charge is 0.231 e. The van der Waals surface area contributed by atoms with Crippen molar-refractivity contribution >= 4 is 11.5 Å². The minimum absolute atomic E-state index is 0.307. The standard InChI is InChI=1S/C20H26N4O2/c1-13(2)20-21-14(3)9-19(23-20)24-8-4-5-16(11-24)22-15-6-7-17-18(10-15)26-12-25-17/h6-7,9-10,13,16,22H,4-5,8,11-12H2,1-3H3/t16-/m1/s1. The third-order valence-electron chi connectivity index (χ3n) is 4.86. The van der Waals surface area contributed by atoms with Crippen molar-refractivity contribution in [3.05, 3.63) is 35.8 Å². The molecule has 1 saturated heterocycles. The van der Waals surface area contributed by atoms with Gasteiger partial charge in [-0.1, -0.05) is 13.8 Å². The van der Waals surface area contributed by atoms with Crippen LogP contribution in [0.25, 0.3) is 0 Å². The molecule has 1 fully saturated rings. The largest absolute Gasteiger partial charge is 0.454 e. The Hall–Kier alpha value is -2.50. The van der Waals surface area contributed by atoms with Gasteiger partial charge in [-0.05, 0) is 31.9 Å². The lowest BCUT2D eigenvalue weighted by atomic mass is 10.0. The summed E-state index contributed by atoms with van der Waals surface area (Å²) in [6, 6.07) is 8.51. The lowest BCUT2D eigenvalue weighted by molar-refractivity contribution is 0.174. The van der Waals surface area contributed by atoms with Crippen molar-refractivity contribution in [3.8, 4) is 11.5 Å². The van der Waals surface area contributed by atoms with Crippen molar-refractivity contribution in [2.45, 2.75) is 45.6 Å². The van der Waals surface area contributed by atoms with Gasteiger partial charge in [0.25, 0.3) is 0 Å². The van der Waals surface area contributed by atoms with Crippen molar-refractivity contribution in [1.29, 1.82) is 0 Å². The maximum atomic E-state index is 5.48. The van der Waals surface area contributed by atoms with Crippen LogP contribution in [-0.2, 0) is 0 Å². The summed E-state index contributed by atoms with van der Waals surface area (Å²) in [5, 5.41) is 3.64. The summed E-state index contributed by atoms with van der Waals surface area (Å²) in [4.78, 5) is 11.7. The highest BCUT2D eigenvalue weighted by atomic mass is 16.7. The van der Waals surface area contributed by atoms with E-state index < -0.39 is 0 Å². The summed E-state index contributed by atoms with van der Waals surface area (Å²) in [6.07, 6.45) is 2.29. The number of hydrogen-bond acceptors (Lipinski definition) is 6. The first-order valence-electron chi connectivity index (χ1n) is 9.35. The number of aromatic nitrogens is 2. The van der Waals surface area contributed by atoms with Crippen LogP contribution in [0.3, 0.4) is 0 Å². The zero-order valence-corrected chi connectivity index (χ0v) is 15.7. The van der Waals surface area contributed by atoms with E-state index in [1.165, 1.54) is 0 Å². The molecule has 138 valence electrons. The van der Waals surface area contributed by atoms with Gasteiger partial charge in [0.1, 0.15) is 11.6 Å². The maximum Gasteiger partial charge on any atom is 0.231 e. The van der Waals surface area contributed by atoms with Gasteiger partial charge < -0.3 is 19.7 Å². The molecule has 0 unspecified atom stereocenters. The van der Waals surface area contributed by atoms with Crippen LogP contribution in [0.1, 0.15) is 44.1 Å². The van der Waals surface area contributed by atoms with Gasteiger partial charge in [-0.2, -0.15) is 0 Å². The van der Waals surface area contributed by atoms with E-state index in [1.54, 1.807) is 0 Å². The summed E-state index contributed by atoms with van der Waals surface area (Å²) in [7, 11) is 0. The maximum absolute atomic E-state index is 5.48. The van der Waals surface area contributed by atoms with Gasteiger partial charge in [0.15, 0.2) is 11.5 Å². The quantitative estimate of drug-likeness (QED) is 0.903. The predicted molar refractivity (Wildman–Crippen MR) is 102 cm³/mol. The number of ether oxygens (including phenoxy) is 2. The Kier molecular flexibility index (Phi) is 4.57. The molecule has 2 aliphatic rings. The second-order valence-corrected chi connectivity index (χ2v) is 7.38. The van der Waals surface area contributed by atoms with E-state index in [4.69, 9.17) is 14.5 Å². The third kappa shape index (κ3) is 3.54. The average molecular weight is 354 g/mol. The van der Waals surface area contributed by atoms with Gasteiger partial charge in [-0.3, -0.25) is 0 Å². The third-order valence-corrected chi connectivity index (χ3v) is 4.86. The minimum atomic E-state index is 0.307. The van der Waals surface area contributed by atoms with Crippen molar-refractivity contribution in [2.24, 2.45) is 0 Å². The molecular formula is C20H26N4O2. The molecule has 1 aromatic carbocycles. The molecule has 26 heavy (non-hydrogen) atoms. The molecule has 6 heteroatoms. The molecule has 1 atom stereocenters. The molecule has 0 aliphatic carbocycles. The zero-order chi connectivity index (χ0) is 18.1. The van der Waals surface area contributed by atoms with E-state index in [2.05, 4.69) is 41.2 Å². The lowest BCUT2D eigenvalue weighted by Crippen LogP contribution is -2.42. The lowest BCUT2D eigenvalue weighted by Gasteiger charge is -2.34. The Bertz CT molecular complexity index is 793. The molecule has 1 N–H and O–H groups in total. The second-order valence-electron chi connectivity index (χ2n) is 7.38. The fourth-order valence-electron chi connectivity index (χ4n) is 3.52. The number of rotatable bonds is 4. The topological polar surface area (TPSA) is 59.5 Å².